The summed E-state index contributed by atoms with van der Waals surface area (Å²) in [7, 11) is -1.60. The minimum Gasteiger partial charge on any atom is -0.384 e. The monoisotopic (exact) mass is 443 g/mol. The van der Waals surface area contributed by atoms with Gasteiger partial charge in [0.15, 0.2) is 0 Å². The first-order valence-corrected chi connectivity index (χ1v) is 12.6. The molecule has 166 valence electrons. The Bertz CT molecular complexity index is 1170. The minimum absolute atomic E-state index is 0.114. The maximum Gasteiger partial charge on any atom is 0.227 e. The van der Waals surface area contributed by atoms with Crippen molar-refractivity contribution in [3.05, 3.63) is 36.3 Å². The average Bonchev–Trinajstić information content (AvgIpc) is 3.44. The van der Waals surface area contributed by atoms with Gasteiger partial charge in [0.2, 0.25) is 10.0 Å². The molecule has 3 aromatic rings. The van der Waals surface area contributed by atoms with Crippen LogP contribution in [0.4, 0.5) is 0 Å². The molecule has 31 heavy (non-hydrogen) atoms. The first kappa shape index (κ1) is 20.8. The number of rotatable bonds is 6. The van der Waals surface area contributed by atoms with E-state index in [-0.39, 0.29) is 5.88 Å². The predicted molar refractivity (Wildman–Crippen MR) is 120 cm³/mol. The van der Waals surface area contributed by atoms with Crippen LogP contribution in [-0.4, -0.2) is 78.3 Å². The van der Waals surface area contributed by atoms with E-state index in [4.69, 9.17) is 4.74 Å². The van der Waals surface area contributed by atoms with Crippen LogP contribution in [-0.2, 0) is 14.8 Å². The molecule has 5 heterocycles. The van der Waals surface area contributed by atoms with Gasteiger partial charge in [-0.05, 0) is 61.9 Å². The van der Waals surface area contributed by atoms with E-state index in [0.29, 0.717) is 31.5 Å². The highest BCUT2D eigenvalue weighted by atomic mass is 32.2. The van der Waals surface area contributed by atoms with Crippen LogP contribution in [0.5, 0.6) is 0 Å². The van der Waals surface area contributed by atoms with E-state index in [1.54, 1.807) is 11.4 Å². The van der Waals surface area contributed by atoms with Crippen molar-refractivity contribution in [3.63, 3.8) is 0 Å². The fraction of sp³-hybridized carbons (Fsp3) is 0.545. The summed E-state index contributed by atoms with van der Waals surface area (Å²) in [6.45, 7) is 3.38. The van der Waals surface area contributed by atoms with E-state index in [1.165, 1.54) is 10.9 Å². The molecule has 2 aliphatic rings. The van der Waals surface area contributed by atoms with E-state index in [0.717, 1.165) is 48.9 Å². The number of sulfonamides is 1. The summed E-state index contributed by atoms with van der Waals surface area (Å²) in [5, 5.41) is 2.27. The fourth-order valence-corrected chi connectivity index (χ4v) is 6.83. The summed E-state index contributed by atoms with van der Waals surface area (Å²) in [6.07, 6.45) is 8.36. The van der Waals surface area contributed by atoms with Gasteiger partial charge >= 0.3 is 0 Å². The maximum absolute atomic E-state index is 12.9. The first-order valence-electron chi connectivity index (χ1n) is 10.9. The minimum atomic E-state index is -3.27. The number of aromatic amines is 1. The Morgan fingerprint density at radius 2 is 2.00 bits per heavy atom. The molecule has 5 rings (SSSR count). The summed E-state index contributed by atoms with van der Waals surface area (Å²) >= 11 is 0. The predicted octanol–water partition coefficient (Wildman–Crippen LogP) is 2.55. The second-order valence-corrected chi connectivity index (χ2v) is 10.7. The van der Waals surface area contributed by atoms with Gasteiger partial charge in [0, 0.05) is 43.4 Å². The lowest BCUT2D eigenvalue weighted by atomic mass is 9.87. The van der Waals surface area contributed by atoms with Crippen molar-refractivity contribution in [1.29, 1.82) is 0 Å². The van der Waals surface area contributed by atoms with E-state index in [2.05, 4.69) is 32.0 Å². The fourth-order valence-electron chi connectivity index (χ4n) is 5.13. The van der Waals surface area contributed by atoms with Gasteiger partial charge in [-0.1, -0.05) is 0 Å². The zero-order chi connectivity index (χ0) is 21.4. The molecule has 0 spiro atoms. The van der Waals surface area contributed by atoms with E-state index in [9.17, 15) is 8.42 Å². The van der Waals surface area contributed by atoms with E-state index < -0.39 is 10.0 Å². The molecule has 2 fully saturated rings. The third-order valence-electron chi connectivity index (χ3n) is 6.74. The Morgan fingerprint density at radius 1 is 1.16 bits per heavy atom. The first-order chi connectivity index (χ1) is 15.0. The average molecular weight is 444 g/mol. The molecule has 1 unspecified atom stereocenters. The summed E-state index contributed by atoms with van der Waals surface area (Å²) in [4.78, 5) is 14.2. The second-order valence-electron chi connectivity index (χ2n) is 8.76. The van der Waals surface area contributed by atoms with Gasteiger partial charge in [-0.3, -0.25) is 9.88 Å². The van der Waals surface area contributed by atoms with Gasteiger partial charge in [-0.25, -0.2) is 17.7 Å². The van der Waals surface area contributed by atoms with Crippen LogP contribution in [0, 0.1) is 5.92 Å². The highest BCUT2D eigenvalue weighted by Crippen LogP contribution is 2.35. The largest absolute Gasteiger partial charge is 0.384 e. The molecule has 3 aromatic heterocycles. The Hall–Kier alpha value is -2.07. The molecule has 0 saturated carbocycles. The SMILES string of the molecule is COCC1CCN(S(=O)(=O)CN2CCC(c3ccnc4cnc5[nH]ccc5c34)CC2)C1. The lowest BCUT2D eigenvalue weighted by molar-refractivity contribution is 0.157. The van der Waals surface area contributed by atoms with Crippen molar-refractivity contribution < 1.29 is 13.2 Å². The van der Waals surface area contributed by atoms with E-state index in [1.807, 2.05) is 18.6 Å². The van der Waals surface area contributed by atoms with Gasteiger partial charge in [0.05, 0.1) is 18.3 Å². The van der Waals surface area contributed by atoms with Crippen LogP contribution in [0.2, 0.25) is 0 Å². The van der Waals surface area contributed by atoms with E-state index >= 15 is 0 Å². The smallest absolute Gasteiger partial charge is 0.227 e. The number of ether oxygens (including phenoxy) is 1. The standard InChI is InChI=1S/C22H29N5O3S/c1-30-14-16-4-11-27(13-16)31(28,29)15-26-9-5-17(6-10-26)18-2-7-23-20-12-25-22-19(21(18)20)3-8-24-22/h2-3,7-8,12,16-17H,4-6,9-11,13-15H2,1H3,(H,24,25). The van der Waals surface area contributed by atoms with Gasteiger partial charge in [0.25, 0.3) is 0 Å². The Kier molecular flexibility index (Phi) is 5.68. The van der Waals surface area contributed by atoms with Crippen molar-refractivity contribution in [3.8, 4) is 0 Å². The quantitative estimate of drug-likeness (QED) is 0.630. The number of aromatic nitrogens is 3. The summed E-state index contributed by atoms with van der Waals surface area (Å²) in [5.41, 5.74) is 3.08. The lowest BCUT2D eigenvalue weighted by Gasteiger charge is -2.33. The zero-order valence-corrected chi connectivity index (χ0v) is 18.6. The summed E-state index contributed by atoms with van der Waals surface area (Å²) < 4.78 is 32.7. The molecule has 1 atom stereocenters. The van der Waals surface area contributed by atoms with Crippen molar-refractivity contribution in [2.75, 3.05) is 45.8 Å². The maximum atomic E-state index is 12.9. The Morgan fingerprint density at radius 3 is 2.81 bits per heavy atom. The Balaban J connectivity index is 1.28. The number of fused-ring (bicyclic) bond motifs is 3. The second kappa shape index (κ2) is 8.46. The number of pyridine rings is 2. The Labute approximate surface area is 182 Å². The van der Waals surface area contributed by atoms with Crippen molar-refractivity contribution >= 4 is 32.0 Å². The number of hydrogen-bond donors (Lipinski definition) is 1. The van der Waals surface area contributed by atoms with Crippen LogP contribution in [0.3, 0.4) is 0 Å². The van der Waals surface area contributed by atoms with Crippen LogP contribution in [0.1, 0.15) is 30.7 Å². The van der Waals surface area contributed by atoms with Crippen LogP contribution in [0.15, 0.2) is 30.7 Å². The molecule has 0 bridgehead atoms. The third-order valence-corrected chi connectivity index (χ3v) is 8.55. The molecule has 2 saturated heterocycles. The molecule has 2 aliphatic heterocycles. The lowest BCUT2D eigenvalue weighted by Crippen LogP contribution is -2.42. The molecule has 9 heteroatoms. The molecule has 0 aromatic carbocycles. The molecule has 0 radical (unpaired) electrons. The normalized spacial score (nSPS) is 22.0. The number of methoxy groups -OCH3 is 1. The molecule has 8 nitrogen and oxygen atoms in total. The number of nitrogens with one attached hydrogen (secondary N) is 1. The number of piperidine rings is 1. The molecular formula is C22H29N5O3S. The summed E-state index contributed by atoms with van der Waals surface area (Å²) in [6, 6.07) is 4.18. The van der Waals surface area contributed by atoms with Gasteiger partial charge in [-0.15, -0.1) is 0 Å². The number of H-pyrrole nitrogens is 1. The van der Waals surface area contributed by atoms with Crippen molar-refractivity contribution in [2.24, 2.45) is 5.92 Å². The third kappa shape index (κ3) is 4.07. The molecule has 0 aliphatic carbocycles. The topological polar surface area (TPSA) is 91.4 Å². The van der Waals surface area contributed by atoms with Crippen LogP contribution < -0.4 is 0 Å². The molecule has 1 N–H and O–H groups in total. The number of nitrogens with zero attached hydrogens (tertiary/aromatic N) is 4. The highest BCUT2D eigenvalue weighted by molar-refractivity contribution is 7.89. The highest BCUT2D eigenvalue weighted by Gasteiger charge is 2.33. The molecular weight excluding hydrogens is 414 g/mol. The number of likely N-dealkylation sites (tertiary alicyclic amines) is 1. The summed E-state index contributed by atoms with van der Waals surface area (Å²) in [5.74, 6) is 0.815. The molecule has 0 amide bonds. The van der Waals surface area contributed by atoms with Gasteiger partial charge < -0.3 is 9.72 Å². The van der Waals surface area contributed by atoms with Crippen LogP contribution in [0.25, 0.3) is 21.9 Å². The van der Waals surface area contributed by atoms with Crippen molar-refractivity contribution in [2.45, 2.75) is 25.2 Å². The van der Waals surface area contributed by atoms with Gasteiger partial charge in [-0.2, -0.15) is 0 Å². The van der Waals surface area contributed by atoms with Gasteiger partial charge in [0.1, 0.15) is 11.5 Å². The van der Waals surface area contributed by atoms with Crippen LogP contribution >= 0.6 is 0 Å². The van der Waals surface area contributed by atoms with Crippen molar-refractivity contribution in [1.82, 2.24) is 24.2 Å². The number of hydrogen-bond acceptors (Lipinski definition) is 6. The zero-order valence-electron chi connectivity index (χ0n) is 17.8.